The summed E-state index contributed by atoms with van der Waals surface area (Å²) in [6, 6.07) is 18.6. The summed E-state index contributed by atoms with van der Waals surface area (Å²) >= 11 is 0. The molecule has 0 bridgehead atoms. The molecule has 0 radical (unpaired) electrons. The number of rotatable bonds is 11. The topological polar surface area (TPSA) is 94.2 Å². The van der Waals surface area contributed by atoms with Gasteiger partial charge in [-0.3, -0.25) is 9.10 Å². The zero-order valence-electron chi connectivity index (χ0n) is 21.1. The largest absolute Gasteiger partial charge is 0.493 e. The van der Waals surface area contributed by atoms with E-state index in [1.54, 1.807) is 24.3 Å². The molecule has 0 saturated carbocycles. The van der Waals surface area contributed by atoms with E-state index in [2.05, 4.69) is 5.32 Å². The lowest BCUT2D eigenvalue weighted by atomic mass is 10.2. The van der Waals surface area contributed by atoms with Gasteiger partial charge in [0, 0.05) is 12.6 Å². The van der Waals surface area contributed by atoms with Crippen LogP contribution in [-0.4, -0.2) is 41.2 Å². The summed E-state index contributed by atoms with van der Waals surface area (Å²) in [4.78, 5) is 13.0. The highest BCUT2D eigenvalue weighted by molar-refractivity contribution is 7.92. The molecule has 0 heterocycles. The smallest absolute Gasteiger partial charge is 0.264 e. The highest BCUT2D eigenvalue weighted by Crippen LogP contribution is 2.33. The Morgan fingerprint density at radius 1 is 0.944 bits per heavy atom. The fourth-order valence-electron chi connectivity index (χ4n) is 3.52. The molecule has 8 nitrogen and oxygen atoms in total. The first kappa shape index (κ1) is 26.9. The van der Waals surface area contributed by atoms with E-state index in [1.165, 1.54) is 32.4 Å². The fraction of sp³-hybridized carbons (Fsp3) is 0.296. The lowest BCUT2D eigenvalue weighted by Crippen LogP contribution is -2.40. The average Bonchev–Trinajstić information content (AvgIpc) is 2.85. The van der Waals surface area contributed by atoms with Crippen LogP contribution in [0, 0.1) is 6.92 Å². The van der Waals surface area contributed by atoms with Crippen LogP contribution in [0.5, 0.6) is 17.2 Å². The summed E-state index contributed by atoms with van der Waals surface area (Å²) in [5, 5.41) is 2.81. The van der Waals surface area contributed by atoms with E-state index in [4.69, 9.17) is 14.2 Å². The van der Waals surface area contributed by atoms with Gasteiger partial charge in [0.05, 0.1) is 30.9 Å². The van der Waals surface area contributed by atoms with Crippen LogP contribution >= 0.6 is 0 Å². The van der Waals surface area contributed by atoms with Crippen LogP contribution in [0.25, 0.3) is 0 Å². The van der Waals surface area contributed by atoms with Crippen molar-refractivity contribution in [2.24, 2.45) is 0 Å². The standard InChI is InChI=1S/C27H32N2O6S/c1-19(2)35-23-8-6-7-21(15-23)17-28-27(30)18-29(22-11-14-25(33-4)26(16-22)34-5)36(31,32)24-12-9-20(3)10-13-24/h6-16,19H,17-18H2,1-5H3,(H,28,30). The molecule has 0 atom stereocenters. The SMILES string of the molecule is COc1ccc(N(CC(=O)NCc2cccc(OC(C)C)c2)S(=O)(=O)c2ccc(C)cc2)cc1OC. The summed E-state index contributed by atoms with van der Waals surface area (Å²) in [6.07, 6.45) is 0.0249. The number of sulfonamides is 1. The highest BCUT2D eigenvalue weighted by Gasteiger charge is 2.28. The van der Waals surface area contributed by atoms with Gasteiger partial charge in [0.25, 0.3) is 10.0 Å². The van der Waals surface area contributed by atoms with Crippen molar-refractivity contribution >= 4 is 21.6 Å². The van der Waals surface area contributed by atoms with Gasteiger partial charge in [0.2, 0.25) is 5.91 Å². The van der Waals surface area contributed by atoms with Crippen molar-refractivity contribution < 1.29 is 27.4 Å². The third kappa shape index (κ3) is 6.69. The zero-order valence-corrected chi connectivity index (χ0v) is 22.0. The molecule has 1 amide bonds. The number of amides is 1. The molecule has 3 aromatic carbocycles. The predicted molar refractivity (Wildman–Crippen MR) is 139 cm³/mol. The first-order valence-corrected chi connectivity index (χ1v) is 12.9. The van der Waals surface area contributed by atoms with Crippen LogP contribution in [-0.2, 0) is 21.4 Å². The molecule has 0 aliphatic carbocycles. The molecule has 9 heteroatoms. The third-order valence-electron chi connectivity index (χ3n) is 5.31. The summed E-state index contributed by atoms with van der Waals surface area (Å²) < 4.78 is 44.6. The summed E-state index contributed by atoms with van der Waals surface area (Å²) in [5.41, 5.74) is 2.03. The zero-order chi connectivity index (χ0) is 26.3. The van der Waals surface area contributed by atoms with Gasteiger partial charge in [-0.15, -0.1) is 0 Å². The van der Waals surface area contributed by atoms with Crippen molar-refractivity contribution in [2.75, 3.05) is 25.1 Å². The third-order valence-corrected chi connectivity index (χ3v) is 7.10. The Bertz CT molecular complexity index is 1290. The van der Waals surface area contributed by atoms with Crippen molar-refractivity contribution in [1.29, 1.82) is 0 Å². The van der Waals surface area contributed by atoms with Crippen LogP contribution in [0.1, 0.15) is 25.0 Å². The second-order valence-corrected chi connectivity index (χ2v) is 10.3. The van der Waals surface area contributed by atoms with Gasteiger partial charge in [-0.1, -0.05) is 29.8 Å². The normalized spacial score (nSPS) is 11.2. The molecule has 0 spiro atoms. The van der Waals surface area contributed by atoms with E-state index in [9.17, 15) is 13.2 Å². The molecule has 192 valence electrons. The first-order valence-electron chi connectivity index (χ1n) is 11.5. The van der Waals surface area contributed by atoms with Gasteiger partial charge in [-0.2, -0.15) is 0 Å². The molecule has 0 aliphatic heterocycles. The number of carbonyl (C=O) groups is 1. The molecular formula is C27H32N2O6S. The minimum atomic E-state index is -4.06. The summed E-state index contributed by atoms with van der Waals surface area (Å²) in [5.74, 6) is 1.03. The number of methoxy groups -OCH3 is 2. The van der Waals surface area contributed by atoms with E-state index in [0.717, 1.165) is 15.4 Å². The molecule has 0 saturated heterocycles. The maximum absolute atomic E-state index is 13.6. The van der Waals surface area contributed by atoms with Crippen LogP contribution in [0.15, 0.2) is 71.6 Å². The molecule has 0 unspecified atom stereocenters. The minimum Gasteiger partial charge on any atom is -0.493 e. The number of anilines is 1. The number of nitrogens with zero attached hydrogens (tertiary/aromatic N) is 1. The Morgan fingerprint density at radius 3 is 2.28 bits per heavy atom. The molecule has 3 rings (SSSR count). The molecular weight excluding hydrogens is 480 g/mol. The molecule has 1 N–H and O–H groups in total. The van der Waals surface area contributed by atoms with Gasteiger partial charge in [0.1, 0.15) is 12.3 Å². The number of ether oxygens (including phenoxy) is 3. The summed E-state index contributed by atoms with van der Waals surface area (Å²) in [7, 11) is -1.10. The maximum Gasteiger partial charge on any atom is 0.264 e. The quantitative estimate of drug-likeness (QED) is 0.412. The van der Waals surface area contributed by atoms with E-state index in [0.29, 0.717) is 17.2 Å². The van der Waals surface area contributed by atoms with Gasteiger partial charge >= 0.3 is 0 Å². The Hall–Kier alpha value is -3.72. The van der Waals surface area contributed by atoms with Crippen LogP contribution in [0.2, 0.25) is 0 Å². The van der Waals surface area contributed by atoms with Crippen LogP contribution in [0.4, 0.5) is 5.69 Å². The maximum atomic E-state index is 13.6. The molecule has 36 heavy (non-hydrogen) atoms. The van der Waals surface area contributed by atoms with E-state index < -0.39 is 22.5 Å². The van der Waals surface area contributed by atoms with Crippen molar-refractivity contribution in [1.82, 2.24) is 5.32 Å². The number of benzene rings is 3. The van der Waals surface area contributed by atoms with Gasteiger partial charge in [-0.05, 0) is 62.7 Å². The molecule has 0 aliphatic rings. The Labute approximate surface area is 212 Å². The van der Waals surface area contributed by atoms with Crippen molar-refractivity contribution in [3.8, 4) is 17.2 Å². The molecule has 3 aromatic rings. The molecule has 0 fully saturated rings. The minimum absolute atomic E-state index is 0.0249. The fourth-order valence-corrected chi connectivity index (χ4v) is 4.93. The highest BCUT2D eigenvalue weighted by atomic mass is 32.2. The first-order chi connectivity index (χ1) is 17.1. The van der Waals surface area contributed by atoms with Crippen molar-refractivity contribution in [3.63, 3.8) is 0 Å². The second-order valence-electron chi connectivity index (χ2n) is 8.45. The number of carbonyl (C=O) groups excluding carboxylic acids is 1. The number of hydrogen-bond acceptors (Lipinski definition) is 6. The Morgan fingerprint density at radius 2 is 1.64 bits per heavy atom. The van der Waals surface area contributed by atoms with Crippen LogP contribution in [0.3, 0.4) is 0 Å². The lowest BCUT2D eigenvalue weighted by molar-refractivity contribution is -0.119. The van der Waals surface area contributed by atoms with Crippen molar-refractivity contribution in [2.45, 2.75) is 38.3 Å². The lowest BCUT2D eigenvalue weighted by Gasteiger charge is -2.25. The number of hydrogen-bond donors (Lipinski definition) is 1. The van der Waals surface area contributed by atoms with E-state index >= 15 is 0 Å². The van der Waals surface area contributed by atoms with Gasteiger partial charge < -0.3 is 19.5 Å². The van der Waals surface area contributed by atoms with Gasteiger partial charge in [-0.25, -0.2) is 8.42 Å². The van der Waals surface area contributed by atoms with E-state index in [1.807, 2.05) is 45.0 Å². The average molecular weight is 513 g/mol. The van der Waals surface area contributed by atoms with Crippen molar-refractivity contribution in [3.05, 3.63) is 77.9 Å². The Kier molecular flexibility index (Phi) is 8.82. The number of aryl methyl sites for hydroxylation is 1. The summed E-state index contributed by atoms with van der Waals surface area (Å²) in [6.45, 7) is 5.54. The monoisotopic (exact) mass is 512 g/mol. The Balaban J connectivity index is 1.87. The predicted octanol–water partition coefficient (Wildman–Crippen LogP) is 4.31. The van der Waals surface area contributed by atoms with Crippen LogP contribution < -0.4 is 23.8 Å². The number of nitrogens with one attached hydrogen (secondary N) is 1. The second kappa shape index (κ2) is 11.8. The molecule has 0 aromatic heterocycles. The van der Waals surface area contributed by atoms with Gasteiger partial charge in [0.15, 0.2) is 11.5 Å². The van der Waals surface area contributed by atoms with E-state index in [-0.39, 0.29) is 23.2 Å².